The Morgan fingerprint density at radius 2 is 1.67 bits per heavy atom. The van der Waals surface area contributed by atoms with Gasteiger partial charge in [0.15, 0.2) is 0 Å². The third kappa shape index (κ3) is 5.34. The Bertz CT molecular complexity index is 895. The van der Waals surface area contributed by atoms with Gasteiger partial charge in [0.25, 0.3) is 5.91 Å². The van der Waals surface area contributed by atoms with Crippen LogP contribution in [0.2, 0.25) is 0 Å². The Hall–Kier alpha value is -2.80. The molecule has 1 heterocycles. The van der Waals surface area contributed by atoms with E-state index in [0.29, 0.717) is 16.3 Å². The molecule has 0 bridgehead atoms. The zero-order valence-electron chi connectivity index (χ0n) is 14.0. The molecule has 2 aromatic carbocycles. The lowest BCUT2D eigenvalue weighted by atomic mass is 10.1. The molecule has 7 heteroatoms. The molecule has 0 aliphatic rings. The average Bonchev–Trinajstić information content (AvgIpc) is 2.67. The van der Waals surface area contributed by atoms with E-state index in [1.54, 1.807) is 24.3 Å². The van der Waals surface area contributed by atoms with Crippen molar-refractivity contribution in [3.05, 3.63) is 89.6 Å². The topological polar surface area (TPSA) is 42.0 Å². The highest BCUT2D eigenvalue weighted by atomic mass is 32.2. The number of pyridine rings is 1. The first kappa shape index (κ1) is 19.0. The normalized spacial score (nSPS) is 11.2. The lowest BCUT2D eigenvalue weighted by Crippen LogP contribution is -2.11. The van der Waals surface area contributed by atoms with Crippen LogP contribution in [-0.4, -0.2) is 10.9 Å². The smallest absolute Gasteiger partial charge is 0.322 e. The SMILES string of the molecule is O=C(Nc1ccccc1)c1ccc(CSc2ccc(C(F)(F)F)cn2)cc1. The van der Waals surface area contributed by atoms with E-state index in [2.05, 4.69) is 10.3 Å². The highest BCUT2D eigenvalue weighted by Crippen LogP contribution is 2.30. The predicted molar refractivity (Wildman–Crippen MR) is 99.6 cm³/mol. The Balaban J connectivity index is 1.57. The lowest BCUT2D eigenvalue weighted by Gasteiger charge is -2.07. The highest BCUT2D eigenvalue weighted by Gasteiger charge is 2.30. The first-order chi connectivity index (χ1) is 12.9. The van der Waals surface area contributed by atoms with Crippen molar-refractivity contribution in [2.45, 2.75) is 17.0 Å². The van der Waals surface area contributed by atoms with Gasteiger partial charge in [-0.05, 0) is 42.0 Å². The highest BCUT2D eigenvalue weighted by molar-refractivity contribution is 7.98. The molecule has 1 N–H and O–H groups in total. The number of nitrogens with zero attached hydrogens (tertiary/aromatic N) is 1. The molecule has 3 rings (SSSR count). The molecule has 0 unspecified atom stereocenters. The fraction of sp³-hybridized carbons (Fsp3) is 0.100. The van der Waals surface area contributed by atoms with E-state index in [-0.39, 0.29) is 5.91 Å². The van der Waals surface area contributed by atoms with Gasteiger partial charge < -0.3 is 5.32 Å². The summed E-state index contributed by atoms with van der Waals surface area (Å²) in [7, 11) is 0. The van der Waals surface area contributed by atoms with Crippen LogP contribution < -0.4 is 5.32 Å². The van der Waals surface area contributed by atoms with E-state index in [0.717, 1.165) is 23.5 Å². The number of para-hydroxylation sites is 1. The van der Waals surface area contributed by atoms with Gasteiger partial charge in [0.2, 0.25) is 0 Å². The van der Waals surface area contributed by atoms with E-state index < -0.39 is 11.7 Å². The summed E-state index contributed by atoms with van der Waals surface area (Å²) in [5, 5.41) is 3.32. The summed E-state index contributed by atoms with van der Waals surface area (Å²) in [4.78, 5) is 16.0. The van der Waals surface area contributed by atoms with Gasteiger partial charge in [-0.2, -0.15) is 13.2 Å². The number of thioether (sulfide) groups is 1. The van der Waals surface area contributed by atoms with Crippen LogP contribution in [0.25, 0.3) is 0 Å². The molecule has 3 aromatic rings. The average molecular weight is 388 g/mol. The number of nitrogens with one attached hydrogen (secondary N) is 1. The molecule has 0 saturated heterocycles. The summed E-state index contributed by atoms with van der Waals surface area (Å²) < 4.78 is 37.6. The first-order valence-corrected chi connectivity index (χ1v) is 9.02. The van der Waals surface area contributed by atoms with Crippen LogP contribution in [0.1, 0.15) is 21.5 Å². The maximum absolute atomic E-state index is 12.5. The molecular formula is C20H15F3N2OS. The maximum atomic E-state index is 12.5. The molecule has 27 heavy (non-hydrogen) atoms. The number of anilines is 1. The molecule has 0 aliphatic carbocycles. The monoisotopic (exact) mass is 388 g/mol. The third-order valence-corrected chi connectivity index (χ3v) is 4.71. The van der Waals surface area contributed by atoms with Crippen LogP contribution in [0.4, 0.5) is 18.9 Å². The predicted octanol–water partition coefficient (Wildman–Crippen LogP) is 5.65. The van der Waals surface area contributed by atoms with Crippen LogP contribution in [0.15, 0.2) is 78.0 Å². The van der Waals surface area contributed by atoms with Gasteiger partial charge in [-0.25, -0.2) is 4.98 Å². The van der Waals surface area contributed by atoms with Crippen LogP contribution in [0, 0.1) is 0 Å². The summed E-state index contributed by atoms with van der Waals surface area (Å²) >= 11 is 1.33. The number of benzene rings is 2. The number of hydrogen-bond acceptors (Lipinski definition) is 3. The maximum Gasteiger partial charge on any atom is 0.417 e. The second-order valence-electron chi connectivity index (χ2n) is 5.69. The molecule has 0 aliphatic heterocycles. The van der Waals surface area contributed by atoms with Gasteiger partial charge in [0, 0.05) is 23.2 Å². The van der Waals surface area contributed by atoms with E-state index in [9.17, 15) is 18.0 Å². The Morgan fingerprint density at radius 3 is 2.26 bits per heavy atom. The van der Waals surface area contributed by atoms with E-state index in [1.165, 1.54) is 17.8 Å². The lowest BCUT2D eigenvalue weighted by molar-refractivity contribution is -0.137. The number of alkyl halides is 3. The summed E-state index contributed by atoms with van der Waals surface area (Å²) in [5.41, 5.74) is 1.43. The largest absolute Gasteiger partial charge is 0.417 e. The van der Waals surface area contributed by atoms with Crippen molar-refractivity contribution in [2.24, 2.45) is 0 Å². The number of carbonyl (C=O) groups is 1. The minimum Gasteiger partial charge on any atom is -0.322 e. The third-order valence-electron chi connectivity index (χ3n) is 3.70. The number of aromatic nitrogens is 1. The van der Waals surface area contributed by atoms with Gasteiger partial charge >= 0.3 is 6.18 Å². The Kier molecular flexibility index (Phi) is 5.81. The van der Waals surface area contributed by atoms with Gasteiger partial charge in [0.1, 0.15) is 0 Å². The standard InChI is InChI=1S/C20H15F3N2OS/c21-20(22,23)16-10-11-18(24-12-16)27-13-14-6-8-15(9-7-14)19(26)25-17-4-2-1-3-5-17/h1-12H,13H2,(H,25,26). The zero-order valence-corrected chi connectivity index (χ0v) is 14.8. The Labute approximate surface area is 158 Å². The molecule has 138 valence electrons. The summed E-state index contributed by atoms with van der Waals surface area (Å²) in [5.74, 6) is 0.337. The van der Waals surface area contributed by atoms with Crippen molar-refractivity contribution in [3.63, 3.8) is 0 Å². The minimum absolute atomic E-state index is 0.204. The minimum atomic E-state index is -4.38. The Morgan fingerprint density at radius 1 is 0.963 bits per heavy atom. The van der Waals surface area contributed by atoms with E-state index in [4.69, 9.17) is 0 Å². The van der Waals surface area contributed by atoms with Gasteiger partial charge in [-0.3, -0.25) is 4.79 Å². The van der Waals surface area contributed by atoms with Crippen LogP contribution in [0.3, 0.4) is 0 Å². The first-order valence-electron chi connectivity index (χ1n) is 8.03. The molecule has 0 fully saturated rings. The number of carbonyl (C=O) groups excluding carboxylic acids is 1. The van der Waals surface area contributed by atoms with E-state index >= 15 is 0 Å². The molecule has 0 saturated carbocycles. The van der Waals surface area contributed by atoms with E-state index in [1.807, 2.05) is 30.3 Å². The molecule has 0 spiro atoms. The van der Waals surface area contributed by atoms with Gasteiger partial charge in [-0.1, -0.05) is 30.3 Å². The number of halogens is 3. The molecule has 1 amide bonds. The fourth-order valence-corrected chi connectivity index (χ4v) is 3.07. The van der Waals surface area contributed by atoms with Crippen molar-refractivity contribution in [1.29, 1.82) is 0 Å². The number of hydrogen-bond donors (Lipinski definition) is 1. The summed E-state index contributed by atoms with van der Waals surface area (Å²) in [6.07, 6.45) is -3.55. The van der Waals surface area contributed by atoms with Crippen molar-refractivity contribution in [1.82, 2.24) is 4.98 Å². The summed E-state index contributed by atoms with van der Waals surface area (Å²) in [6.45, 7) is 0. The van der Waals surface area contributed by atoms with Gasteiger partial charge in [-0.15, -0.1) is 11.8 Å². The van der Waals surface area contributed by atoms with Crippen molar-refractivity contribution in [3.8, 4) is 0 Å². The second-order valence-corrected chi connectivity index (χ2v) is 6.68. The summed E-state index contributed by atoms with van der Waals surface area (Å²) in [6, 6.07) is 18.6. The van der Waals surface area contributed by atoms with Gasteiger partial charge in [0.05, 0.1) is 10.6 Å². The molecule has 0 radical (unpaired) electrons. The molecule has 3 nitrogen and oxygen atoms in total. The molecule has 0 atom stereocenters. The number of amides is 1. The fourth-order valence-electron chi connectivity index (χ4n) is 2.27. The molecular weight excluding hydrogens is 373 g/mol. The number of rotatable bonds is 5. The van der Waals surface area contributed by atoms with Crippen molar-refractivity contribution < 1.29 is 18.0 Å². The zero-order chi connectivity index (χ0) is 19.3. The van der Waals surface area contributed by atoms with Crippen LogP contribution >= 0.6 is 11.8 Å². The van der Waals surface area contributed by atoms with Crippen molar-refractivity contribution in [2.75, 3.05) is 5.32 Å². The molecule has 1 aromatic heterocycles. The van der Waals surface area contributed by atoms with Crippen molar-refractivity contribution >= 4 is 23.4 Å². The van der Waals surface area contributed by atoms with Crippen LogP contribution in [0.5, 0.6) is 0 Å². The second kappa shape index (κ2) is 8.26. The quantitative estimate of drug-likeness (QED) is 0.575. The van der Waals surface area contributed by atoms with Crippen LogP contribution in [-0.2, 0) is 11.9 Å².